The Bertz CT molecular complexity index is 478. The lowest BCUT2D eigenvalue weighted by Crippen LogP contribution is -2.03. The molecule has 0 spiro atoms. The van der Waals surface area contributed by atoms with E-state index in [2.05, 4.69) is 68.3 Å². The van der Waals surface area contributed by atoms with Crippen LogP contribution in [0.3, 0.4) is 0 Å². The smallest absolute Gasteiger partial charge is 0.0507 e. The highest BCUT2D eigenvalue weighted by molar-refractivity contribution is 9.10. The first-order valence-electron chi connectivity index (χ1n) is 6.32. The molecular formula is C16H16Br2O. The van der Waals surface area contributed by atoms with Gasteiger partial charge in [0.15, 0.2) is 0 Å². The molecule has 0 bridgehead atoms. The van der Waals surface area contributed by atoms with E-state index in [0.29, 0.717) is 0 Å². The van der Waals surface area contributed by atoms with Crippen LogP contribution in [-0.2, 0) is 17.6 Å². The van der Waals surface area contributed by atoms with Crippen molar-refractivity contribution in [3.8, 4) is 0 Å². The molecule has 0 saturated carbocycles. The van der Waals surface area contributed by atoms with Crippen LogP contribution >= 0.6 is 31.9 Å². The van der Waals surface area contributed by atoms with Crippen molar-refractivity contribution in [3.63, 3.8) is 0 Å². The fourth-order valence-corrected chi connectivity index (χ4v) is 2.83. The van der Waals surface area contributed by atoms with E-state index in [0.717, 1.165) is 35.0 Å². The third-order valence-corrected chi connectivity index (χ3v) is 4.49. The number of halogens is 2. The summed E-state index contributed by atoms with van der Waals surface area (Å²) < 4.78 is 8.02. The van der Waals surface area contributed by atoms with Crippen LogP contribution in [0.25, 0.3) is 0 Å². The molecule has 0 unspecified atom stereocenters. The molecule has 2 aromatic rings. The summed E-state index contributed by atoms with van der Waals surface area (Å²) >= 11 is 7.10. The van der Waals surface area contributed by atoms with Gasteiger partial charge in [0.2, 0.25) is 0 Å². The van der Waals surface area contributed by atoms with Crippen LogP contribution in [0.1, 0.15) is 11.1 Å². The monoisotopic (exact) mass is 382 g/mol. The Balaban J connectivity index is 1.71. The molecule has 2 aromatic carbocycles. The number of ether oxygens (including phenoxy) is 1. The summed E-state index contributed by atoms with van der Waals surface area (Å²) in [7, 11) is 0. The number of hydrogen-bond acceptors (Lipinski definition) is 1. The van der Waals surface area contributed by atoms with Crippen molar-refractivity contribution < 1.29 is 4.74 Å². The first kappa shape index (κ1) is 14.8. The van der Waals surface area contributed by atoms with Gasteiger partial charge in [0.1, 0.15) is 0 Å². The molecule has 0 fully saturated rings. The van der Waals surface area contributed by atoms with E-state index in [9.17, 15) is 0 Å². The van der Waals surface area contributed by atoms with Crippen molar-refractivity contribution >= 4 is 31.9 Å². The van der Waals surface area contributed by atoms with E-state index in [-0.39, 0.29) is 0 Å². The Kier molecular flexibility index (Phi) is 6.08. The fourth-order valence-electron chi connectivity index (χ4n) is 1.87. The highest BCUT2D eigenvalue weighted by atomic mass is 79.9. The zero-order chi connectivity index (χ0) is 13.5. The fraction of sp³-hybridized carbons (Fsp3) is 0.250. The van der Waals surface area contributed by atoms with Crippen LogP contribution in [-0.4, -0.2) is 13.2 Å². The maximum atomic E-state index is 5.71. The van der Waals surface area contributed by atoms with Crippen LogP contribution in [0.2, 0.25) is 0 Å². The first-order chi connectivity index (χ1) is 9.27. The third-order valence-electron chi connectivity index (χ3n) is 2.95. The van der Waals surface area contributed by atoms with Crippen LogP contribution in [0.5, 0.6) is 0 Å². The van der Waals surface area contributed by atoms with Crippen LogP contribution in [0.4, 0.5) is 0 Å². The van der Waals surface area contributed by atoms with Gasteiger partial charge < -0.3 is 4.74 Å². The quantitative estimate of drug-likeness (QED) is 0.636. The molecule has 0 amide bonds. The zero-order valence-corrected chi connectivity index (χ0v) is 13.8. The van der Waals surface area contributed by atoms with Crippen molar-refractivity contribution in [2.75, 3.05) is 13.2 Å². The molecule has 3 heteroatoms. The van der Waals surface area contributed by atoms with E-state index in [4.69, 9.17) is 4.74 Å². The normalized spacial score (nSPS) is 10.6. The molecule has 0 aliphatic rings. The lowest BCUT2D eigenvalue weighted by molar-refractivity contribution is 0.140. The lowest BCUT2D eigenvalue weighted by atomic mass is 10.1. The van der Waals surface area contributed by atoms with E-state index in [1.165, 1.54) is 11.1 Å². The number of hydrogen-bond donors (Lipinski definition) is 0. The molecule has 0 atom stereocenters. The molecule has 1 nitrogen and oxygen atoms in total. The minimum atomic E-state index is 0.757. The standard InChI is InChI=1S/C16H16Br2O/c17-15-7-3-1-5-13(15)9-11-19-12-10-14-6-2-4-8-16(14)18/h1-8H,9-12H2. The van der Waals surface area contributed by atoms with Gasteiger partial charge in [-0.25, -0.2) is 0 Å². The minimum Gasteiger partial charge on any atom is -0.381 e. The van der Waals surface area contributed by atoms with Crippen LogP contribution in [0.15, 0.2) is 57.5 Å². The molecular weight excluding hydrogens is 368 g/mol. The van der Waals surface area contributed by atoms with E-state index >= 15 is 0 Å². The zero-order valence-electron chi connectivity index (χ0n) is 10.6. The third kappa shape index (κ3) is 4.75. The molecule has 0 saturated heterocycles. The summed E-state index contributed by atoms with van der Waals surface area (Å²) in [6.45, 7) is 1.51. The van der Waals surface area contributed by atoms with Gasteiger partial charge >= 0.3 is 0 Å². The van der Waals surface area contributed by atoms with E-state index in [1.54, 1.807) is 0 Å². The summed E-state index contributed by atoms with van der Waals surface area (Å²) in [5.41, 5.74) is 2.59. The molecule has 0 aromatic heterocycles. The Morgan fingerprint density at radius 2 is 1.11 bits per heavy atom. The van der Waals surface area contributed by atoms with Gasteiger partial charge in [0.05, 0.1) is 13.2 Å². The maximum Gasteiger partial charge on any atom is 0.0507 e. The van der Waals surface area contributed by atoms with E-state index in [1.807, 2.05) is 12.1 Å². The molecule has 0 heterocycles. The molecule has 0 aliphatic heterocycles. The second-order valence-electron chi connectivity index (χ2n) is 4.30. The first-order valence-corrected chi connectivity index (χ1v) is 7.90. The summed E-state index contributed by atoms with van der Waals surface area (Å²) in [4.78, 5) is 0. The minimum absolute atomic E-state index is 0.757. The molecule has 19 heavy (non-hydrogen) atoms. The largest absolute Gasteiger partial charge is 0.381 e. The predicted molar refractivity (Wildman–Crippen MR) is 86.5 cm³/mol. The van der Waals surface area contributed by atoms with Crippen molar-refractivity contribution in [2.24, 2.45) is 0 Å². The Labute approximate surface area is 131 Å². The number of benzene rings is 2. The summed E-state index contributed by atoms with van der Waals surface area (Å²) in [5, 5.41) is 0. The topological polar surface area (TPSA) is 9.23 Å². The van der Waals surface area contributed by atoms with Crippen molar-refractivity contribution in [1.29, 1.82) is 0 Å². The summed E-state index contributed by atoms with van der Waals surface area (Å²) in [6.07, 6.45) is 1.88. The van der Waals surface area contributed by atoms with Crippen LogP contribution in [0, 0.1) is 0 Å². The average molecular weight is 384 g/mol. The highest BCUT2D eigenvalue weighted by Gasteiger charge is 2.00. The van der Waals surface area contributed by atoms with Gasteiger partial charge in [-0.3, -0.25) is 0 Å². The predicted octanol–water partition coefficient (Wildman–Crippen LogP) is 5.01. The van der Waals surface area contributed by atoms with Crippen molar-refractivity contribution in [1.82, 2.24) is 0 Å². The van der Waals surface area contributed by atoms with Gasteiger partial charge in [-0.1, -0.05) is 68.3 Å². The lowest BCUT2D eigenvalue weighted by Gasteiger charge is -2.07. The van der Waals surface area contributed by atoms with Gasteiger partial charge in [-0.05, 0) is 36.1 Å². The molecule has 0 radical (unpaired) electrons. The van der Waals surface area contributed by atoms with Gasteiger partial charge in [-0.2, -0.15) is 0 Å². The SMILES string of the molecule is Brc1ccccc1CCOCCc1ccccc1Br. The molecule has 2 rings (SSSR count). The summed E-state index contributed by atoms with van der Waals surface area (Å²) in [6, 6.07) is 16.6. The maximum absolute atomic E-state index is 5.71. The molecule has 0 N–H and O–H groups in total. The Hall–Kier alpha value is -0.640. The highest BCUT2D eigenvalue weighted by Crippen LogP contribution is 2.17. The van der Waals surface area contributed by atoms with Gasteiger partial charge in [0.25, 0.3) is 0 Å². The van der Waals surface area contributed by atoms with Gasteiger partial charge in [0, 0.05) is 8.95 Å². The van der Waals surface area contributed by atoms with Crippen LogP contribution < -0.4 is 0 Å². The second-order valence-corrected chi connectivity index (χ2v) is 6.00. The Morgan fingerprint density at radius 1 is 0.684 bits per heavy atom. The number of rotatable bonds is 6. The molecule has 0 aliphatic carbocycles. The summed E-state index contributed by atoms with van der Waals surface area (Å²) in [5.74, 6) is 0. The van der Waals surface area contributed by atoms with Gasteiger partial charge in [-0.15, -0.1) is 0 Å². The average Bonchev–Trinajstić information content (AvgIpc) is 2.42. The second kappa shape index (κ2) is 7.83. The Morgan fingerprint density at radius 3 is 1.53 bits per heavy atom. The van der Waals surface area contributed by atoms with Crippen molar-refractivity contribution in [2.45, 2.75) is 12.8 Å². The van der Waals surface area contributed by atoms with E-state index < -0.39 is 0 Å². The van der Waals surface area contributed by atoms with Crippen molar-refractivity contribution in [3.05, 3.63) is 68.6 Å². The molecule has 100 valence electrons.